The molecule has 70 valence electrons. The zero-order valence-electron chi connectivity index (χ0n) is 7.40. The Kier molecular flexibility index (Phi) is 27.5. The van der Waals surface area contributed by atoms with Crippen LogP contribution in [-0.4, -0.2) is 55.3 Å². The van der Waals surface area contributed by atoms with E-state index >= 15 is 0 Å². The first-order valence-electron chi connectivity index (χ1n) is 3.29. The molecule has 0 bridgehead atoms. The summed E-state index contributed by atoms with van der Waals surface area (Å²) in [6.45, 7) is 1.73. The summed E-state index contributed by atoms with van der Waals surface area (Å²) in [7, 11) is 0. The summed E-state index contributed by atoms with van der Waals surface area (Å²) in [5.74, 6) is 0. The summed E-state index contributed by atoms with van der Waals surface area (Å²) >= 11 is 0. The predicted octanol–water partition coefficient (Wildman–Crippen LogP) is -4.17. The first-order chi connectivity index (χ1) is 4.91. The van der Waals surface area contributed by atoms with Gasteiger partial charge in [-0.15, -0.1) is 0 Å². The van der Waals surface area contributed by atoms with Crippen molar-refractivity contribution in [1.29, 1.82) is 0 Å². The minimum Gasteiger partial charge on any atom is -0.870 e. The van der Waals surface area contributed by atoms with Crippen molar-refractivity contribution >= 4 is 0 Å². The molecule has 0 spiro atoms. The maximum atomic E-state index is 8.26. The maximum absolute atomic E-state index is 8.26. The van der Waals surface area contributed by atoms with Gasteiger partial charge in [0.05, 0.1) is 39.6 Å². The molecule has 0 radical (unpaired) electrons. The van der Waals surface area contributed by atoms with Gasteiger partial charge >= 0.3 is 29.6 Å². The van der Waals surface area contributed by atoms with Crippen LogP contribution < -0.4 is 29.6 Å². The molecule has 5 nitrogen and oxygen atoms in total. The van der Waals surface area contributed by atoms with Crippen LogP contribution in [0.1, 0.15) is 0 Å². The van der Waals surface area contributed by atoms with Gasteiger partial charge in [0.1, 0.15) is 0 Å². The SMILES string of the molecule is OCCOCCOCCO.[Na+].[OH-]. The van der Waals surface area contributed by atoms with Crippen LogP contribution in [0.25, 0.3) is 0 Å². The molecule has 0 aliphatic heterocycles. The van der Waals surface area contributed by atoms with Crippen LogP contribution in [-0.2, 0) is 9.47 Å². The molecule has 0 saturated carbocycles. The Morgan fingerprint density at radius 1 is 0.750 bits per heavy atom. The second-order valence-corrected chi connectivity index (χ2v) is 1.67. The molecule has 0 heterocycles. The molecule has 0 aromatic rings. The monoisotopic (exact) mass is 190 g/mol. The first kappa shape index (κ1) is 18.6. The summed E-state index contributed by atoms with van der Waals surface area (Å²) < 4.78 is 9.75. The Morgan fingerprint density at radius 2 is 1.08 bits per heavy atom. The summed E-state index contributed by atoms with van der Waals surface area (Å²) in [5, 5.41) is 16.5. The number of ether oxygens (including phenoxy) is 2. The fourth-order valence-corrected chi connectivity index (χ4v) is 0.451. The van der Waals surface area contributed by atoms with Gasteiger partial charge in [0.2, 0.25) is 0 Å². The van der Waals surface area contributed by atoms with E-state index in [0.717, 1.165) is 0 Å². The van der Waals surface area contributed by atoms with E-state index in [0.29, 0.717) is 26.4 Å². The summed E-state index contributed by atoms with van der Waals surface area (Å²) in [5.41, 5.74) is 0. The average Bonchev–Trinajstić information content (AvgIpc) is 1.97. The van der Waals surface area contributed by atoms with Crippen LogP contribution in [0.3, 0.4) is 0 Å². The van der Waals surface area contributed by atoms with Gasteiger partial charge in [-0.2, -0.15) is 0 Å². The van der Waals surface area contributed by atoms with E-state index in [1.165, 1.54) is 0 Å². The Morgan fingerprint density at radius 3 is 1.33 bits per heavy atom. The van der Waals surface area contributed by atoms with Crippen molar-refractivity contribution in [2.75, 3.05) is 39.6 Å². The van der Waals surface area contributed by atoms with Gasteiger partial charge in [0.15, 0.2) is 0 Å². The van der Waals surface area contributed by atoms with Crippen LogP contribution in [0.2, 0.25) is 0 Å². The quantitative estimate of drug-likeness (QED) is 0.314. The van der Waals surface area contributed by atoms with Gasteiger partial charge in [0.25, 0.3) is 0 Å². The third kappa shape index (κ3) is 17.0. The second-order valence-electron chi connectivity index (χ2n) is 1.67. The minimum absolute atomic E-state index is 0. The maximum Gasteiger partial charge on any atom is 1.00 e. The van der Waals surface area contributed by atoms with Gasteiger partial charge < -0.3 is 25.2 Å². The van der Waals surface area contributed by atoms with Crippen molar-refractivity contribution in [3.05, 3.63) is 0 Å². The Labute approximate surface area is 94.3 Å². The number of hydrogen-bond donors (Lipinski definition) is 2. The zero-order valence-corrected chi connectivity index (χ0v) is 9.40. The van der Waals surface area contributed by atoms with Crippen molar-refractivity contribution in [3.8, 4) is 0 Å². The van der Waals surface area contributed by atoms with Gasteiger partial charge in [-0.05, 0) is 0 Å². The van der Waals surface area contributed by atoms with E-state index in [1.807, 2.05) is 0 Å². The van der Waals surface area contributed by atoms with Gasteiger partial charge in [-0.25, -0.2) is 0 Å². The van der Waals surface area contributed by atoms with Crippen molar-refractivity contribution in [2.24, 2.45) is 0 Å². The standard InChI is InChI=1S/C6H14O4.Na.H2O/c7-1-3-9-5-6-10-4-2-8;;/h7-8H,1-6H2;;1H2/q;+1;/p-1. The second kappa shape index (κ2) is 17.8. The molecular formula is C6H15NaO5. The van der Waals surface area contributed by atoms with Crippen LogP contribution >= 0.6 is 0 Å². The molecule has 3 N–H and O–H groups in total. The third-order valence-electron chi connectivity index (χ3n) is 0.843. The third-order valence-corrected chi connectivity index (χ3v) is 0.843. The van der Waals surface area contributed by atoms with Crippen molar-refractivity contribution in [1.82, 2.24) is 0 Å². The molecule has 0 aliphatic rings. The van der Waals surface area contributed by atoms with E-state index in [2.05, 4.69) is 0 Å². The van der Waals surface area contributed by atoms with Crippen LogP contribution in [0, 0.1) is 0 Å². The molecule has 0 aliphatic carbocycles. The van der Waals surface area contributed by atoms with Crippen molar-refractivity contribution in [3.63, 3.8) is 0 Å². The fraction of sp³-hybridized carbons (Fsp3) is 1.00. The Balaban J connectivity index is -0.000000405. The molecule has 0 saturated heterocycles. The normalized spacial score (nSPS) is 8.50. The largest absolute Gasteiger partial charge is 1.00 e. The van der Waals surface area contributed by atoms with E-state index in [4.69, 9.17) is 19.7 Å². The number of aliphatic hydroxyl groups excluding tert-OH is 2. The number of rotatable bonds is 7. The molecule has 0 aromatic carbocycles. The van der Waals surface area contributed by atoms with E-state index in [-0.39, 0.29) is 48.2 Å². The molecule has 0 rings (SSSR count). The molecule has 0 atom stereocenters. The van der Waals surface area contributed by atoms with Gasteiger partial charge in [-0.3, -0.25) is 0 Å². The van der Waals surface area contributed by atoms with Crippen molar-refractivity contribution in [2.45, 2.75) is 0 Å². The number of aliphatic hydroxyl groups is 2. The van der Waals surface area contributed by atoms with E-state index in [1.54, 1.807) is 0 Å². The van der Waals surface area contributed by atoms with E-state index in [9.17, 15) is 0 Å². The fourth-order valence-electron chi connectivity index (χ4n) is 0.451. The molecule has 0 unspecified atom stereocenters. The average molecular weight is 190 g/mol. The molecule has 12 heavy (non-hydrogen) atoms. The summed E-state index contributed by atoms with van der Waals surface area (Å²) in [6, 6.07) is 0. The first-order valence-corrected chi connectivity index (χ1v) is 3.29. The predicted molar refractivity (Wildman–Crippen MR) is 37.7 cm³/mol. The molecule has 0 amide bonds. The molecular weight excluding hydrogens is 175 g/mol. The Hall–Kier alpha value is 0.800. The molecule has 6 heteroatoms. The minimum atomic E-state index is 0. The van der Waals surface area contributed by atoms with Crippen molar-refractivity contribution < 1.29 is 54.7 Å². The topological polar surface area (TPSA) is 88.9 Å². The van der Waals surface area contributed by atoms with Crippen LogP contribution in [0.5, 0.6) is 0 Å². The van der Waals surface area contributed by atoms with Crippen LogP contribution in [0.15, 0.2) is 0 Å². The Bertz CT molecular complexity index is 55.9. The summed E-state index contributed by atoms with van der Waals surface area (Å²) in [4.78, 5) is 0. The molecule has 0 aromatic heterocycles. The molecule has 0 fully saturated rings. The number of hydrogen-bond acceptors (Lipinski definition) is 5. The van der Waals surface area contributed by atoms with Crippen LogP contribution in [0.4, 0.5) is 0 Å². The van der Waals surface area contributed by atoms with Gasteiger partial charge in [0, 0.05) is 0 Å². The smallest absolute Gasteiger partial charge is 0.870 e. The summed E-state index contributed by atoms with van der Waals surface area (Å²) in [6.07, 6.45) is 0. The van der Waals surface area contributed by atoms with E-state index < -0.39 is 0 Å². The zero-order chi connectivity index (χ0) is 7.66. The van der Waals surface area contributed by atoms with Gasteiger partial charge in [-0.1, -0.05) is 0 Å².